The number of benzene rings is 1. The minimum absolute atomic E-state index is 0.0144. The van der Waals surface area contributed by atoms with E-state index >= 15 is 0 Å². The average Bonchev–Trinajstić information content (AvgIpc) is 2.87. The van der Waals surface area contributed by atoms with Gasteiger partial charge in [0.1, 0.15) is 30.0 Å². The Morgan fingerprint density at radius 1 is 0.854 bits per heavy atom. The number of carbonyl (C=O) groups excluding carboxylic acids is 4. The molecule has 0 spiro atoms. The molecule has 41 heavy (non-hydrogen) atoms. The van der Waals surface area contributed by atoms with Gasteiger partial charge < -0.3 is 34.2 Å². The van der Waals surface area contributed by atoms with Crippen molar-refractivity contribution in [2.75, 3.05) is 6.61 Å². The third kappa shape index (κ3) is 13.7. The summed E-state index contributed by atoms with van der Waals surface area (Å²) < 4.78 is 31.9. The minimum Gasteiger partial charge on any atom is -0.461 e. The third-order valence-corrected chi connectivity index (χ3v) is 6.58. The first-order valence-electron chi connectivity index (χ1n) is 14.1. The number of carbonyl (C=O) groups is 4. The molecule has 0 aliphatic carbocycles. The number of rotatable bonds is 15. The Hall–Kier alpha value is -3.34. The Morgan fingerprint density at radius 3 is 1.90 bits per heavy atom. The summed E-state index contributed by atoms with van der Waals surface area (Å²) in [5, 5.41) is 0. The lowest BCUT2D eigenvalue weighted by atomic mass is 10.1. The fraction of sp³-hybridized carbons (Fsp3) is 0.667. The second-order valence-corrected chi connectivity index (χ2v) is 11.4. The van der Waals surface area contributed by atoms with Crippen LogP contribution in [-0.4, -0.2) is 54.2 Å². The van der Waals surface area contributed by atoms with Gasteiger partial charge in [0.25, 0.3) is 0 Å². The summed E-state index contributed by atoms with van der Waals surface area (Å²) in [7, 11) is 0. The first kappa shape index (κ1) is 35.7. The summed E-state index contributed by atoms with van der Waals surface area (Å²) in [6.45, 7) is 16.1. The van der Waals surface area contributed by atoms with E-state index in [-0.39, 0.29) is 42.8 Å². The Kier molecular flexibility index (Phi) is 14.1. The van der Waals surface area contributed by atoms with E-state index in [1.165, 1.54) is 12.1 Å². The lowest BCUT2D eigenvalue weighted by molar-refractivity contribution is -0.159. The quantitative estimate of drug-likeness (QED) is 0.150. The van der Waals surface area contributed by atoms with Gasteiger partial charge in [0.05, 0.1) is 0 Å². The maximum atomic E-state index is 12.5. The molecule has 232 valence electrons. The molecule has 1 aromatic rings. The maximum absolute atomic E-state index is 12.5. The predicted molar refractivity (Wildman–Crippen MR) is 152 cm³/mol. The smallest absolute Gasteiger partial charge is 0.461 e. The van der Waals surface area contributed by atoms with Gasteiger partial charge in [0.2, 0.25) is 0 Å². The molecule has 0 aliphatic rings. The zero-order valence-corrected chi connectivity index (χ0v) is 25.9. The van der Waals surface area contributed by atoms with Crippen molar-refractivity contribution in [1.82, 2.24) is 0 Å². The lowest BCUT2D eigenvalue weighted by Crippen LogP contribution is -2.36. The third-order valence-electron chi connectivity index (χ3n) is 6.58. The number of hydrogen-bond acceptors (Lipinski definition) is 11. The second-order valence-electron chi connectivity index (χ2n) is 11.4. The van der Waals surface area contributed by atoms with Crippen molar-refractivity contribution in [3.05, 3.63) is 23.8 Å². The summed E-state index contributed by atoms with van der Waals surface area (Å²) in [6, 6.07) is 3.31. The molecule has 11 nitrogen and oxygen atoms in total. The summed E-state index contributed by atoms with van der Waals surface area (Å²) in [4.78, 5) is 49.3. The van der Waals surface area contributed by atoms with Crippen molar-refractivity contribution in [3.63, 3.8) is 0 Å². The monoisotopic (exact) mass is 581 g/mol. The molecule has 0 bridgehead atoms. The fourth-order valence-electron chi connectivity index (χ4n) is 3.04. The molecule has 1 aromatic carbocycles. The van der Waals surface area contributed by atoms with Gasteiger partial charge in [-0.3, -0.25) is 9.59 Å². The molecule has 0 saturated carbocycles. The van der Waals surface area contributed by atoms with Gasteiger partial charge >= 0.3 is 24.2 Å². The van der Waals surface area contributed by atoms with Gasteiger partial charge in [0, 0.05) is 6.42 Å². The highest BCUT2D eigenvalue weighted by Gasteiger charge is 2.27. The average molecular weight is 582 g/mol. The van der Waals surface area contributed by atoms with Gasteiger partial charge in [-0.05, 0) is 77.5 Å². The highest BCUT2D eigenvalue weighted by molar-refractivity contribution is 5.76. The molecule has 2 N–H and O–H groups in total. The minimum atomic E-state index is -1.07. The molecule has 0 aliphatic heterocycles. The first-order chi connectivity index (χ1) is 19.0. The molecule has 3 atom stereocenters. The van der Waals surface area contributed by atoms with Crippen LogP contribution in [0.2, 0.25) is 0 Å². The summed E-state index contributed by atoms with van der Waals surface area (Å²) >= 11 is 0. The largest absolute Gasteiger partial charge is 0.514 e. The Morgan fingerprint density at radius 2 is 1.39 bits per heavy atom. The van der Waals surface area contributed by atoms with Crippen LogP contribution in [-0.2, 0) is 35.0 Å². The van der Waals surface area contributed by atoms with Crippen molar-refractivity contribution < 1.29 is 47.6 Å². The van der Waals surface area contributed by atoms with E-state index in [2.05, 4.69) is 0 Å². The first-order valence-corrected chi connectivity index (χ1v) is 14.1. The maximum Gasteiger partial charge on any atom is 0.514 e. The molecule has 0 heterocycles. The van der Waals surface area contributed by atoms with E-state index in [1.54, 1.807) is 40.7 Å². The molecule has 0 amide bonds. The van der Waals surface area contributed by atoms with Crippen LogP contribution < -0.4 is 15.2 Å². The fourth-order valence-corrected chi connectivity index (χ4v) is 3.04. The van der Waals surface area contributed by atoms with E-state index in [0.29, 0.717) is 18.4 Å². The normalized spacial score (nSPS) is 13.8. The Balaban J connectivity index is 2.95. The van der Waals surface area contributed by atoms with Crippen LogP contribution in [0, 0.1) is 5.92 Å². The Bertz CT molecular complexity index is 1040. The highest BCUT2D eigenvalue weighted by Crippen LogP contribution is 2.31. The van der Waals surface area contributed by atoms with E-state index in [0.717, 1.165) is 6.42 Å². The number of esters is 2. The topological polar surface area (TPSA) is 150 Å². The van der Waals surface area contributed by atoms with Crippen molar-refractivity contribution in [1.29, 1.82) is 0 Å². The molecule has 1 unspecified atom stereocenters. The summed E-state index contributed by atoms with van der Waals surface area (Å²) in [5.41, 5.74) is 5.00. The molecular weight excluding hydrogens is 534 g/mol. The highest BCUT2D eigenvalue weighted by atomic mass is 16.8. The molecule has 0 saturated heterocycles. The van der Waals surface area contributed by atoms with Crippen molar-refractivity contribution >= 4 is 24.2 Å². The molecule has 11 heteroatoms. The summed E-state index contributed by atoms with van der Waals surface area (Å²) in [5.74, 6) is -1.06. The van der Waals surface area contributed by atoms with Gasteiger partial charge in [-0.2, -0.15) is 0 Å². The van der Waals surface area contributed by atoms with Crippen LogP contribution in [0.4, 0.5) is 9.59 Å². The van der Waals surface area contributed by atoms with E-state index in [4.69, 9.17) is 34.2 Å². The predicted octanol–water partition coefficient (Wildman–Crippen LogP) is 5.88. The lowest BCUT2D eigenvalue weighted by Gasteiger charge is -2.24. The van der Waals surface area contributed by atoms with Gasteiger partial charge in [-0.15, -0.1) is 0 Å². The standard InChI is InChI=1S/C30H47NO10/c1-10-19(4)15-25(32)37-20(5)18-36-26(33)22(31)16-21-13-14-23(38-27(34)40-29(6,7)11-2)24(17-21)39-28(35)41-30(8,9)12-3/h13-14,17,19-20,22H,10-12,15-16,18,31H2,1-9H3/t19?,20-,22-/m0/s1. The van der Waals surface area contributed by atoms with Crippen LogP contribution in [0.3, 0.4) is 0 Å². The van der Waals surface area contributed by atoms with Crippen LogP contribution >= 0.6 is 0 Å². The number of ether oxygens (including phenoxy) is 6. The van der Waals surface area contributed by atoms with Gasteiger partial charge in [-0.25, -0.2) is 9.59 Å². The molecule has 1 rings (SSSR count). The van der Waals surface area contributed by atoms with Crippen LogP contribution in [0.5, 0.6) is 11.5 Å². The van der Waals surface area contributed by atoms with Crippen molar-refractivity contribution in [3.8, 4) is 11.5 Å². The van der Waals surface area contributed by atoms with E-state index in [9.17, 15) is 19.2 Å². The van der Waals surface area contributed by atoms with Crippen LogP contribution in [0.15, 0.2) is 18.2 Å². The number of nitrogens with two attached hydrogens (primary N) is 1. The Labute approximate surface area is 243 Å². The zero-order valence-electron chi connectivity index (χ0n) is 25.9. The van der Waals surface area contributed by atoms with Crippen LogP contribution in [0.25, 0.3) is 0 Å². The van der Waals surface area contributed by atoms with Crippen LogP contribution in [0.1, 0.15) is 93.6 Å². The van der Waals surface area contributed by atoms with Crippen molar-refractivity contribution in [2.45, 2.75) is 118 Å². The summed E-state index contributed by atoms with van der Waals surface area (Å²) in [6.07, 6.45) is -0.359. The van der Waals surface area contributed by atoms with E-state index in [1.807, 2.05) is 27.7 Å². The molecule has 0 fully saturated rings. The SMILES string of the molecule is CCC(C)CC(=O)O[C@@H](C)COC(=O)[C@@H](N)Cc1ccc(OC(=O)OC(C)(C)CC)c(OC(=O)OC(C)(C)CC)c1. The van der Waals surface area contributed by atoms with Gasteiger partial charge in [0.15, 0.2) is 11.5 Å². The zero-order chi connectivity index (χ0) is 31.4. The second kappa shape index (κ2) is 16.2. The van der Waals surface area contributed by atoms with Crippen molar-refractivity contribution in [2.24, 2.45) is 11.7 Å². The van der Waals surface area contributed by atoms with E-state index < -0.39 is 41.6 Å². The molecule has 0 radical (unpaired) electrons. The molecule has 0 aromatic heterocycles. The molecular formula is C30H47NO10. The van der Waals surface area contributed by atoms with Gasteiger partial charge in [-0.1, -0.05) is 40.2 Å². The number of hydrogen-bond donors (Lipinski definition) is 1.